The normalized spacial score (nSPS) is 16.2. The number of carbonyl (C=O) groups is 1. The Morgan fingerprint density at radius 2 is 1.87 bits per heavy atom. The van der Waals surface area contributed by atoms with Crippen LogP contribution in [0.25, 0.3) is 0 Å². The number of halogens is 1. The van der Waals surface area contributed by atoms with E-state index in [1.54, 1.807) is 7.05 Å². The molecule has 0 aromatic heterocycles. The Morgan fingerprint density at radius 1 is 1.23 bits per heavy atom. The largest absolute Gasteiger partial charge is 0.444 e. The summed E-state index contributed by atoms with van der Waals surface area (Å²) in [6.07, 6.45) is 3.60. The van der Waals surface area contributed by atoms with E-state index in [2.05, 4.69) is 63.1 Å². The minimum Gasteiger partial charge on any atom is -0.444 e. The number of ether oxygens (including phenoxy) is 1. The minimum atomic E-state index is -0.500. The summed E-state index contributed by atoms with van der Waals surface area (Å²) >= 11 is 0. The molecule has 0 aliphatic carbocycles. The molecule has 1 fully saturated rings. The standard InChI is InChI=1S/C23H39N5O2.HI/c1-6-10-19(27-22(29)30-23(2,3)4)17-25-21(24-5)26-18-13-15-28(16-14-18)20-11-8-7-9-12-20;/h7-9,11-12,18-19H,6,10,13-17H2,1-5H3,(H,27,29)(H2,24,25,26);1H. The second-order valence-electron chi connectivity index (χ2n) is 8.83. The molecule has 176 valence electrons. The number of para-hydroxylation sites is 1. The molecule has 0 spiro atoms. The van der Waals surface area contributed by atoms with E-state index in [0.717, 1.165) is 44.7 Å². The lowest BCUT2D eigenvalue weighted by atomic mass is 10.0. The number of piperidine rings is 1. The van der Waals surface area contributed by atoms with Crippen LogP contribution in [0.1, 0.15) is 53.4 Å². The van der Waals surface area contributed by atoms with Crippen LogP contribution in [0.3, 0.4) is 0 Å². The molecule has 0 radical (unpaired) electrons. The monoisotopic (exact) mass is 545 g/mol. The summed E-state index contributed by atoms with van der Waals surface area (Å²) in [5.74, 6) is 0.778. The Morgan fingerprint density at radius 3 is 2.42 bits per heavy atom. The average Bonchev–Trinajstić information content (AvgIpc) is 2.71. The third-order valence-corrected chi connectivity index (χ3v) is 5.05. The van der Waals surface area contributed by atoms with Crippen molar-refractivity contribution >= 4 is 41.7 Å². The van der Waals surface area contributed by atoms with Crippen LogP contribution < -0.4 is 20.9 Å². The summed E-state index contributed by atoms with van der Waals surface area (Å²) in [4.78, 5) is 18.9. The molecule has 1 aromatic carbocycles. The first-order valence-corrected chi connectivity index (χ1v) is 11.1. The van der Waals surface area contributed by atoms with Gasteiger partial charge in [-0.25, -0.2) is 4.79 Å². The van der Waals surface area contributed by atoms with Crippen LogP contribution in [-0.2, 0) is 4.74 Å². The summed E-state index contributed by atoms with van der Waals surface area (Å²) in [5, 5.41) is 9.87. The molecule has 1 heterocycles. The van der Waals surface area contributed by atoms with Gasteiger partial charge in [-0.15, -0.1) is 24.0 Å². The maximum Gasteiger partial charge on any atom is 0.407 e. The van der Waals surface area contributed by atoms with Gasteiger partial charge in [0.05, 0.1) is 0 Å². The number of aliphatic imine (C=N–C) groups is 1. The molecule has 1 amide bonds. The van der Waals surface area contributed by atoms with Gasteiger partial charge in [-0.3, -0.25) is 4.99 Å². The van der Waals surface area contributed by atoms with Gasteiger partial charge < -0.3 is 25.6 Å². The maximum atomic E-state index is 12.1. The molecule has 3 N–H and O–H groups in total. The number of amides is 1. The predicted octanol–water partition coefficient (Wildman–Crippen LogP) is 4.13. The zero-order chi connectivity index (χ0) is 22.0. The Balaban J connectivity index is 0.00000480. The van der Waals surface area contributed by atoms with Crippen LogP contribution >= 0.6 is 24.0 Å². The van der Waals surface area contributed by atoms with E-state index in [9.17, 15) is 4.79 Å². The number of hydrogen-bond donors (Lipinski definition) is 3. The van der Waals surface area contributed by atoms with Gasteiger partial charge in [-0.2, -0.15) is 0 Å². The fourth-order valence-electron chi connectivity index (χ4n) is 3.58. The highest BCUT2D eigenvalue weighted by Gasteiger charge is 2.22. The fraction of sp³-hybridized carbons (Fsp3) is 0.652. The summed E-state index contributed by atoms with van der Waals surface area (Å²) in [5.41, 5.74) is 0.787. The topological polar surface area (TPSA) is 78.0 Å². The number of anilines is 1. The van der Waals surface area contributed by atoms with E-state index in [4.69, 9.17) is 4.74 Å². The van der Waals surface area contributed by atoms with Crippen LogP contribution in [0, 0.1) is 0 Å². The Hall–Kier alpha value is -1.71. The smallest absolute Gasteiger partial charge is 0.407 e. The molecule has 1 aliphatic rings. The van der Waals surface area contributed by atoms with Crippen LogP contribution in [-0.4, -0.2) is 56.4 Å². The van der Waals surface area contributed by atoms with Crippen LogP contribution in [0.15, 0.2) is 35.3 Å². The number of guanidine groups is 1. The number of nitrogens with zero attached hydrogens (tertiary/aromatic N) is 2. The van der Waals surface area contributed by atoms with Crippen molar-refractivity contribution in [3.05, 3.63) is 30.3 Å². The molecule has 1 unspecified atom stereocenters. The van der Waals surface area contributed by atoms with Crippen molar-refractivity contribution in [1.82, 2.24) is 16.0 Å². The third kappa shape index (κ3) is 10.4. The van der Waals surface area contributed by atoms with Crippen LogP contribution in [0.4, 0.5) is 10.5 Å². The first-order chi connectivity index (χ1) is 14.3. The predicted molar refractivity (Wildman–Crippen MR) is 140 cm³/mol. The zero-order valence-corrected chi connectivity index (χ0v) is 21.9. The number of carbonyl (C=O) groups excluding carboxylic acids is 1. The quantitative estimate of drug-likeness (QED) is 0.273. The highest BCUT2D eigenvalue weighted by atomic mass is 127. The zero-order valence-electron chi connectivity index (χ0n) is 19.6. The van der Waals surface area contributed by atoms with E-state index in [1.165, 1.54) is 5.69 Å². The molecule has 1 aliphatic heterocycles. The molecular weight excluding hydrogens is 505 g/mol. The van der Waals surface area contributed by atoms with Crippen molar-refractivity contribution in [2.24, 2.45) is 4.99 Å². The fourth-order valence-corrected chi connectivity index (χ4v) is 3.58. The molecule has 0 bridgehead atoms. The van der Waals surface area contributed by atoms with E-state index < -0.39 is 5.60 Å². The molecule has 1 saturated heterocycles. The summed E-state index contributed by atoms with van der Waals surface area (Å²) in [7, 11) is 1.78. The van der Waals surface area contributed by atoms with Crippen molar-refractivity contribution in [1.29, 1.82) is 0 Å². The maximum absolute atomic E-state index is 12.1. The number of rotatable bonds is 7. The van der Waals surface area contributed by atoms with Gasteiger partial charge in [0, 0.05) is 44.5 Å². The Kier molecular flexibility index (Phi) is 12.0. The molecule has 8 heteroatoms. The highest BCUT2D eigenvalue weighted by Crippen LogP contribution is 2.19. The van der Waals surface area contributed by atoms with Crippen molar-refractivity contribution in [3.63, 3.8) is 0 Å². The van der Waals surface area contributed by atoms with Gasteiger partial charge in [0.25, 0.3) is 0 Å². The summed E-state index contributed by atoms with van der Waals surface area (Å²) in [6.45, 7) is 10.4. The highest BCUT2D eigenvalue weighted by molar-refractivity contribution is 14.0. The van der Waals surface area contributed by atoms with Gasteiger partial charge in [0.1, 0.15) is 5.60 Å². The molecule has 0 saturated carbocycles. The van der Waals surface area contributed by atoms with Crippen molar-refractivity contribution < 1.29 is 9.53 Å². The van der Waals surface area contributed by atoms with Crippen LogP contribution in [0.2, 0.25) is 0 Å². The van der Waals surface area contributed by atoms with E-state index in [-0.39, 0.29) is 36.1 Å². The Bertz CT molecular complexity index is 670. The molecular formula is C23H40IN5O2. The van der Waals surface area contributed by atoms with E-state index in [1.807, 2.05) is 20.8 Å². The lowest BCUT2D eigenvalue weighted by Gasteiger charge is -2.34. The molecule has 1 atom stereocenters. The first-order valence-electron chi connectivity index (χ1n) is 11.1. The number of hydrogen-bond acceptors (Lipinski definition) is 4. The van der Waals surface area contributed by atoms with Gasteiger partial charge in [-0.1, -0.05) is 31.5 Å². The van der Waals surface area contributed by atoms with Crippen LogP contribution in [0.5, 0.6) is 0 Å². The Labute approximate surface area is 204 Å². The SMILES string of the molecule is CCCC(CNC(=NC)NC1CCN(c2ccccc2)CC1)NC(=O)OC(C)(C)C.I. The molecule has 31 heavy (non-hydrogen) atoms. The number of nitrogens with one attached hydrogen (secondary N) is 3. The van der Waals surface area contributed by atoms with E-state index in [0.29, 0.717) is 12.6 Å². The second-order valence-corrected chi connectivity index (χ2v) is 8.83. The average molecular weight is 546 g/mol. The number of alkyl carbamates (subject to hydrolysis) is 1. The second kappa shape index (κ2) is 13.6. The van der Waals surface area contributed by atoms with E-state index >= 15 is 0 Å². The lowest BCUT2D eigenvalue weighted by Crippen LogP contribution is -2.52. The summed E-state index contributed by atoms with van der Waals surface area (Å²) < 4.78 is 5.39. The molecule has 2 rings (SSSR count). The minimum absolute atomic E-state index is 0. The summed E-state index contributed by atoms with van der Waals surface area (Å²) in [6, 6.07) is 10.9. The first kappa shape index (κ1) is 27.3. The molecule has 7 nitrogen and oxygen atoms in total. The third-order valence-electron chi connectivity index (χ3n) is 5.05. The van der Waals surface area contributed by atoms with Gasteiger partial charge in [-0.05, 0) is 52.2 Å². The van der Waals surface area contributed by atoms with Crippen molar-refractivity contribution in [2.45, 2.75) is 71.1 Å². The van der Waals surface area contributed by atoms with Gasteiger partial charge in [0.2, 0.25) is 0 Å². The van der Waals surface area contributed by atoms with Gasteiger partial charge >= 0.3 is 6.09 Å². The van der Waals surface area contributed by atoms with Gasteiger partial charge in [0.15, 0.2) is 5.96 Å². The van der Waals surface area contributed by atoms with Crippen molar-refractivity contribution in [3.8, 4) is 0 Å². The number of benzene rings is 1. The van der Waals surface area contributed by atoms with Crippen molar-refractivity contribution in [2.75, 3.05) is 31.6 Å². The molecule has 1 aromatic rings. The lowest BCUT2D eigenvalue weighted by molar-refractivity contribution is 0.0502.